The maximum atomic E-state index is 13.4. The highest BCUT2D eigenvalue weighted by atomic mass is 35.5. The number of nitrogens with zero attached hydrogens (tertiary/aromatic N) is 1. The largest absolute Gasteiger partial charge is 0.495 e. The smallest absolute Gasteiger partial charge is 0.264 e. The number of methoxy groups -OCH3 is 1. The van der Waals surface area contributed by atoms with Gasteiger partial charge in [-0.3, -0.25) is 9.10 Å². The van der Waals surface area contributed by atoms with Gasteiger partial charge in [0.05, 0.1) is 22.7 Å². The summed E-state index contributed by atoms with van der Waals surface area (Å²) >= 11 is 6.23. The minimum atomic E-state index is -3.99. The van der Waals surface area contributed by atoms with Crippen molar-refractivity contribution in [2.45, 2.75) is 38.6 Å². The van der Waals surface area contributed by atoms with Crippen LogP contribution in [0.25, 0.3) is 0 Å². The van der Waals surface area contributed by atoms with E-state index in [4.69, 9.17) is 16.3 Å². The van der Waals surface area contributed by atoms with Gasteiger partial charge in [-0.15, -0.1) is 0 Å². The standard InChI is InChI=1S/C22H29ClN2O4S/c1-15(2)22(16(3)4)24-21(26)14-25(17-11-12-20(29-5)19(23)13-17)30(27,28)18-9-7-6-8-10-18/h6-13,15-16,22H,14H2,1-5H3,(H,24,26). The first-order valence-corrected chi connectivity index (χ1v) is 11.6. The molecule has 0 saturated carbocycles. The molecule has 0 radical (unpaired) electrons. The maximum Gasteiger partial charge on any atom is 0.264 e. The van der Waals surface area contributed by atoms with Crippen LogP contribution >= 0.6 is 11.6 Å². The van der Waals surface area contributed by atoms with Crippen LogP contribution in [0.5, 0.6) is 5.75 Å². The average Bonchev–Trinajstić information content (AvgIpc) is 2.70. The van der Waals surface area contributed by atoms with Crippen molar-refractivity contribution in [1.82, 2.24) is 5.32 Å². The summed E-state index contributed by atoms with van der Waals surface area (Å²) in [7, 11) is -2.51. The Hall–Kier alpha value is -2.25. The molecule has 0 aliphatic carbocycles. The molecular formula is C22H29ClN2O4S. The second kappa shape index (κ2) is 10.2. The van der Waals surface area contributed by atoms with Gasteiger partial charge in [0.25, 0.3) is 10.0 Å². The van der Waals surface area contributed by atoms with Crippen LogP contribution in [-0.4, -0.2) is 34.0 Å². The molecule has 0 atom stereocenters. The molecule has 0 heterocycles. The number of carbonyl (C=O) groups is 1. The number of amides is 1. The lowest BCUT2D eigenvalue weighted by Gasteiger charge is -2.29. The minimum absolute atomic E-state index is 0.0711. The van der Waals surface area contributed by atoms with Gasteiger partial charge in [0.2, 0.25) is 5.91 Å². The average molecular weight is 453 g/mol. The van der Waals surface area contributed by atoms with Crippen molar-refractivity contribution >= 4 is 33.2 Å². The molecular weight excluding hydrogens is 424 g/mol. The van der Waals surface area contributed by atoms with Gasteiger partial charge in [0.15, 0.2) is 0 Å². The van der Waals surface area contributed by atoms with Gasteiger partial charge in [-0.25, -0.2) is 8.42 Å². The third-order valence-electron chi connectivity index (χ3n) is 4.81. The van der Waals surface area contributed by atoms with Gasteiger partial charge < -0.3 is 10.1 Å². The van der Waals surface area contributed by atoms with Crippen molar-refractivity contribution in [3.63, 3.8) is 0 Å². The van der Waals surface area contributed by atoms with E-state index in [0.29, 0.717) is 5.75 Å². The zero-order valence-corrected chi connectivity index (χ0v) is 19.5. The van der Waals surface area contributed by atoms with E-state index < -0.39 is 10.0 Å². The molecule has 0 aromatic heterocycles. The summed E-state index contributed by atoms with van der Waals surface area (Å²) in [5.41, 5.74) is 0.283. The molecule has 0 bridgehead atoms. The molecule has 0 unspecified atom stereocenters. The number of rotatable bonds is 9. The number of anilines is 1. The number of ether oxygens (including phenoxy) is 1. The number of carbonyl (C=O) groups excluding carboxylic acids is 1. The van der Waals surface area contributed by atoms with Crippen molar-refractivity contribution in [2.24, 2.45) is 11.8 Å². The van der Waals surface area contributed by atoms with Crippen molar-refractivity contribution in [3.8, 4) is 5.75 Å². The highest BCUT2D eigenvalue weighted by molar-refractivity contribution is 7.92. The summed E-state index contributed by atoms with van der Waals surface area (Å²) in [5.74, 6) is 0.461. The van der Waals surface area contributed by atoms with Crippen LogP contribution in [0, 0.1) is 11.8 Å². The summed E-state index contributed by atoms with van der Waals surface area (Å²) in [5, 5.41) is 3.23. The van der Waals surface area contributed by atoms with Crippen molar-refractivity contribution < 1.29 is 17.9 Å². The second-order valence-electron chi connectivity index (χ2n) is 7.72. The van der Waals surface area contributed by atoms with Gasteiger partial charge in [0, 0.05) is 6.04 Å². The first-order valence-electron chi connectivity index (χ1n) is 9.78. The first kappa shape index (κ1) is 24.0. The van der Waals surface area contributed by atoms with Crippen LogP contribution in [0.4, 0.5) is 5.69 Å². The lowest BCUT2D eigenvalue weighted by atomic mass is 9.93. The zero-order valence-electron chi connectivity index (χ0n) is 17.9. The molecule has 0 aliphatic rings. The zero-order chi connectivity index (χ0) is 22.5. The Labute approximate surface area is 184 Å². The summed E-state index contributed by atoms with van der Waals surface area (Å²) in [4.78, 5) is 12.9. The topological polar surface area (TPSA) is 75.7 Å². The Kier molecular flexibility index (Phi) is 8.15. The third kappa shape index (κ3) is 5.67. The molecule has 1 amide bonds. The third-order valence-corrected chi connectivity index (χ3v) is 6.89. The van der Waals surface area contributed by atoms with E-state index in [2.05, 4.69) is 5.32 Å². The molecule has 0 spiro atoms. The van der Waals surface area contributed by atoms with Crippen molar-refractivity contribution in [1.29, 1.82) is 0 Å². The van der Waals surface area contributed by atoms with Crippen LogP contribution in [0.2, 0.25) is 5.02 Å². The van der Waals surface area contributed by atoms with Crippen LogP contribution in [0.15, 0.2) is 53.4 Å². The van der Waals surface area contributed by atoms with Crippen LogP contribution in [0.1, 0.15) is 27.7 Å². The molecule has 0 fully saturated rings. The number of hydrogen-bond donors (Lipinski definition) is 1. The Balaban J connectivity index is 2.44. The van der Waals surface area contributed by atoms with Gasteiger partial charge in [-0.2, -0.15) is 0 Å². The number of benzene rings is 2. The maximum absolute atomic E-state index is 13.4. The minimum Gasteiger partial charge on any atom is -0.495 e. The Bertz CT molecular complexity index is 954. The number of nitrogens with one attached hydrogen (secondary N) is 1. The first-order chi connectivity index (χ1) is 14.1. The van der Waals surface area contributed by atoms with Gasteiger partial charge in [-0.1, -0.05) is 57.5 Å². The molecule has 1 N–H and O–H groups in total. The van der Waals surface area contributed by atoms with Gasteiger partial charge in [-0.05, 0) is 42.2 Å². The highest BCUT2D eigenvalue weighted by Crippen LogP contribution is 2.31. The molecule has 30 heavy (non-hydrogen) atoms. The van der Waals surface area contributed by atoms with Crippen LogP contribution in [-0.2, 0) is 14.8 Å². The van der Waals surface area contributed by atoms with Crippen molar-refractivity contribution in [2.75, 3.05) is 18.0 Å². The fourth-order valence-corrected chi connectivity index (χ4v) is 5.00. The van der Waals surface area contributed by atoms with E-state index in [1.807, 2.05) is 27.7 Å². The molecule has 0 saturated heterocycles. The molecule has 0 aliphatic heterocycles. The van der Waals surface area contributed by atoms with Crippen LogP contribution < -0.4 is 14.4 Å². The Morgan fingerprint density at radius 1 is 1.07 bits per heavy atom. The molecule has 2 aromatic rings. The Morgan fingerprint density at radius 3 is 2.17 bits per heavy atom. The predicted molar refractivity (Wildman–Crippen MR) is 121 cm³/mol. The molecule has 8 heteroatoms. The molecule has 164 valence electrons. The van der Waals surface area contributed by atoms with E-state index in [0.717, 1.165) is 4.31 Å². The van der Waals surface area contributed by atoms with E-state index in [-0.39, 0.29) is 45.9 Å². The normalized spacial score (nSPS) is 11.8. The summed E-state index contributed by atoms with van der Waals surface area (Å²) < 4.78 is 32.9. The van der Waals surface area contributed by atoms with E-state index in [1.54, 1.807) is 30.3 Å². The number of hydrogen-bond acceptors (Lipinski definition) is 4. The monoisotopic (exact) mass is 452 g/mol. The quantitative estimate of drug-likeness (QED) is 0.614. The van der Waals surface area contributed by atoms with Crippen LogP contribution in [0.3, 0.4) is 0 Å². The molecule has 2 aromatic carbocycles. The summed E-state index contributed by atoms with van der Waals surface area (Å²) in [6, 6.07) is 12.6. The molecule has 2 rings (SSSR count). The summed E-state index contributed by atoms with van der Waals surface area (Å²) in [6.07, 6.45) is 0. The summed E-state index contributed by atoms with van der Waals surface area (Å²) in [6.45, 7) is 7.72. The highest BCUT2D eigenvalue weighted by Gasteiger charge is 2.29. The molecule has 6 nitrogen and oxygen atoms in total. The lowest BCUT2D eigenvalue weighted by Crippen LogP contribution is -2.47. The fourth-order valence-electron chi connectivity index (χ4n) is 3.31. The van der Waals surface area contributed by atoms with E-state index in [1.165, 1.54) is 25.3 Å². The lowest BCUT2D eigenvalue weighted by molar-refractivity contribution is -0.121. The fraction of sp³-hybridized carbons (Fsp3) is 0.409. The van der Waals surface area contributed by atoms with E-state index >= 15 is 0 Å². The number of halogens is 1. The van der Waals surface area contributed by atoms with Crippen molar-refractivity contribution in [3.05, 3.63) is 53.6 Å². The second-order valence-corrected chi connectivity index (χ2v) is 9.99. The van der Waals surface area contributed by atoms with E-state index in [9.17, 15) is 13.2 Å². The number of sulfonamides is 1. The Morgan fingerprint density at radius 2 is 1.67 bits per heavy atom. The van der Waals surface area contributed by atoms with Gasteiger partial charge in [0.1, 0.15) is 12.3 Å². The van der Waals surface area contributed by atoms with Gasteiger partial charge >= 0.3 is 0 Å². The SMILES string of the molecule is COc1ccc(N(CC(=O)NC(C(C)C)C(C)C)S(=O)(=O)c2ccccc2)cc1Cl. The predicted octanol–water partition coefficient (Wildman–Crippen LogP) is 4.34.